The van der Waals surface area contributed by atoms with Gasteiger partial charge >= 0.3 is 0 Å². The van der Waals surface area contributed by atoms with Crippen LogP contribution in [0.4, 0.5) is 0 Å². The molecule has 22 heavy (non-hydrogen) atoms. The molecule has 0 N–H and O–H groups in total. The van der Waals surface area contributed by atoms with Gasteiger partial charge in [-0.25, -0.2) is 9.97 Å². The third-order valence-corrected chi connectivity index (χ3v) is 5.36. The predicted octanol–water partition coefficient (Wildman–Crippen LogP) is 3.55. The van der Waals surface area contributed by atoms with Crippen molar-refractivity contribution in [2.45, 2.75) is 43.0 Å². The van der Waals surface area contributed by atoms with Crippen LogP contribution < -0.4 is 0 Å². The summed E-state index contributed by atoms with van der Waals surface area (Å²) in [5, 5.41) is 1.24. The Bertz CT molecular complexity index is 739. The molecule has 0 fully saturated rings. The van der Waals surface area contributed by atoms with E-state index in [-0.39, 0.29) is 5.60 Å². The molecule has 6 heteroatoms. The van der Waals surface area contributed by atoms with E-state index in [9.17, 15) is 0 Å². The summed E-state index contributed by atoms with van der Waals surface area (Å²) in [6.07, 6.45) is 7.70. The van der Waals surface area contributed by atoms with Crippen LogP contribution in [0.1, 0.15) is 35.4 Å². The third kappa shape index (κ3) is 2.23. The van der Waals surface area contributed by atoms with Gasteiger partial charge in [0, 0.05) is 18.2 Å². The van der Waals surface area contributed by atoms with Crippen molar-refractivity contribution in [1.29, 1.82) is 0 Å². The van der Waals surface area contributed by atoms with Gasteiger partial charge in [0.25, 0.3) is 0 Å². The molecule has 0 aromatic carbocycles. The minimum absolute atomic E-state index is 0.352. The third-order valence-electron chi connectivity index (χ3n) is 4.50. The van der Waals surface area contributed by atoms with Gasteiger partial charge in [-0.15, -0.1) is 0 Å². The molecule has 2 aliphatic rings. The number of nitrogens with zero attached hydrogens (tertiary/aromatic N) is 3. The van der Waals surface area contributed by atoms with Gasteiger partial charge in [0.2, 0.25) is 0 Å². The average molecular weight is 334 g/mol. The Kier molecular flexibility index (Phi) is 3.59. The number of fused-ring (bicyclic) bond motifs is 3. The Morgan fingerprint density at radius 3 is 3.14 bits per heavy atom. The van der Waals surface area contributed by atoms with Crippen LogP contribution >= 0.6 is 23.4 Å². The summed E-state index contributed by atoms with van der Waals surface area (Å²) in [6.45, 7) is 0.457. The van der Waals surface area contributed by atoms with Gasteiger partial charge in [-0.05, 0) is 37.1 Å². The molecule has 2 aromatic rings. The molecule has 0 saturated heterocycles. The van der Waals surface area contributed by atoms with Crippen LogP contribution in [0.2, 0.25) is 5.15 Å². The lowest BCUT2D eigenvalue weighted by atomic mass is 9.78. The van der Waals surface area contributed by atoms with Crippen molar-refractivity contribution in [1.82, 2.24) is 15.0 Å². The van der Waals surface area contributed by atoms with Crippen LogP contribution in [0.5, 0.6) is 0 Å². The first kappa shape index (κ1) is 14.4. The van der Waals surface area contributed by atoms with E-state index in [0.29, 0.717) is 11.8 Å². The summed E-state index contributed by atoms with van der Waals surface area (Å²) in [4.78, 5) is 13.6. The second-order valence-electron chi connectivity index (χ2n) is 5.75. The van der Waals surface area contributed by atoms with E-state index < -0.39 is 0 Å². The van der Waals surface area contributed by atoms with Gasteiger partial charge in [0.05, 0.1) is 18.0 Å². The highest BCUT2D eigenvalue weighted by atomic mass is 35.5. The van der Waals surface area contributed by atoms with E-state index in [1.807, 2.05) is 18.5 Å². The molecule has 0 saturated carbocycles. The Hall–Kier alpha value is -1.17. The van der Waals surface area contributed by atoms with Crippen LogP contribution in [-0.4, -0.2) is 21.2 Å². The van der Waals surface area contributed by atoms with Crippen LogP contribution in [0.3, 0.4) is 0 Å². The molecule has 4 nitrogen and oxygen atoms in total. The standard InChI is InChI=1S/C16H16ClN3OS/c1-22-15-19-12-8-16(21-9-11(12)14(17)20-15)6-2-4-10-5-3-7-18-13(10)16/h3,5,7H,2,4,6,8-9H2,1H3. The normalized spacial score (nSPS) is 23.2. The van der Waals surface area contributed by atoms with Gasteiger partial charge in [0.1, 0.15) is 10.8 Å². The summed E-state index contributed by atoms with van der Waals surface area (Å²) >= 11 is 7.81. The maximum Gasteiger partial charge on any atom is 0.188 e. The summed E-state index contributed by atoms with van der Waals surface area (Å²) in [6, 6.07) is 4.15. The number of rotatable bonds is 1. The van der Waals surface area contributed by atoms with Crippen molar-refractivity contribution in [3.8, 4) is 0 Å². The molecule has 1 aliphatic carbocycles. The van der Waals surface area contributed by atoms with E-state index in [1.54, 1.807) is 0 Å². The molecule has 1 atom stereocenters. The maximum atomic E-state index is 6.29. The molecule has 1 spiro atoms. The fraction of sp³-hybridized carbons (Fsp3) is 0.438. The first-order chi connectivity index (χ1) is 10.7. The number of halogens is 1. The van der Waals surface area contributed by atoms with Crippen molar-refractivity contribution in [2.75, 3.05) is 6.26 Å². The molecule has 0 amide bonds. The van der Waals surface area contributed by atoms with Crippen molar-refractivity contribution in [3.05, 3.63) is 46.0 Å². The molecule has 1 unspecified atom stereocenters. The van der Waals surface area contributed by atoms with E-state index in [4.69, 9.17) is 16.3 Å². The van der Waals surface area contributed by atoms with E-state index >= 15 is 0 Å². The van der Waals surface area contributed by atoms with Gasteiger partial charge < -0.3 is 4.74 Å². The number of ether oxygens (including phenoxy) is 1. The zero-order valence-electron chi connectivity index (χ0n) is 12.3. The topological polar surface area (TPSA) is 47.9 Å². The highest BCUT2D eigenvalue weighted by molar-refractivity contribution is 7.98. The second kappa shape index (κ2) is 5.48. The Balaban J connectivity index is 1.80. The minimum atomic E-state index is -0.352. The molecule has 3 heterocycles. The van der Waals surface area contributed by atoms with E-state index in [0.717, 1.165) is 47.8 Å². The summed E-state index contributed by atoms with van der Waals surface area (Å²) in [5.41, 5.74) is 3.95. The highest BCUT2D eigenvalue weighted by Gasteiger charge is 2.43. The number of hydrogen-bond donors (Lipinski definition) is 0. The van der Waals surface area contributed by atoms with Gasteiger partial charge in [-0.3, -0.25) is 4.98 Å². The molecular formula is C16H16ClN3OS. The van der Waals surface area contributed by atoms with Gasteiger partial charge in [0.15, 0.2) is 5.16 Å². The fourth-order valence-electron chi connectivity index (χ4n) is 3.44. The molecule has 1 aliphatic heterocycles. The molecule has 114 valence electrons. The predicted molar refractivity (Wildman–Crippen MR) is 86.2 cm³/mol. The summed E-state index contributed by atoms with van der Waals surface area (Å²) < 4.78 is 6.28. The molecule has 0 radical (unpaired) electrons. The minimum Gasteiger partial charge on any atom is -0.363 e. The van der Waals surface area contributed by atoms with Crippen LogP contribution in [0.25, 0.3) is 0 Å². The Labute approximate surface area is 138 Å². The number of hydrogen-bond acceptors (Lipinski definition) is 5. The largest absolute Gasteiger partial charge is 0.363 e. The quantitative estimate of drug-likeness (QED) is 0.454. The lowest BCUT2D eigenvalue weighted by molar-refractivity contribution is -0.0888. The SMILES string of the molecule is CSc1nc(Cl)c2c(n1)CC1(CCCc3cccnc31)OC2. The van der Waals surface area contributed by atoms with Crippen molar-refractivity contribution in [3.63, 3.8) is 0 Å². The van der Waals surface area contributed by atoms with E-state index in [1.165, 1.54) is 17.3 Å². The van der Waals surface area contributed by atoms with Crippen molar-refractivity contribution < 1.29 is 4.74 Å². The molecule has 2 aromatic heterocycles. The summed E-state index contributed by atoms with van der Waals surface area (Å²) in [7, 11) is 0. The molecule has 0 bridgehead atoms. The number of aryl methyl sites for hydroxylation is 1. The second-order valence-corrected chi connectivity index (χ2v) is 6.88. The van der Waals surface area contributed by atoms with Gasteiger partial charge in [-0.2, -0.15) is 0 Å². The van der Waals surface area contributed by atoms with E-state index in [2.05, 4.69) is 21.0 Å². The molecular weight excluding hydrogens is 318 g/mol. The lowest BCUT2D eigenvalue weighted by Gasteiger charge is -2.41. The zero-order valence-corrected chi connectivity index (χ0v) is 13.9. The van der Waals surface area contributed by atoms with Crippen molar-refractivity contribution >= 4 is 23.4 Å². The van der Waals surface area contributed by atoms with Crippen LogP contribution in [0, 0.1) is 0 Å². The zero-order chi connectivity index (χ0) is 15.2. The van der Waals surface area contributed by atoms with Crippen molar-refractivity contribution in [2.24, 2.45) is 0 Å². The highest BCUT2D eigenvalue weighted by Crippen LogP contribution is 2.44. The monoisotopic (exact) mass is 333 g/mol. The Morgan fingerprint density at radius 2 is 2.27 bits per heavy atom. The number of aromatic nitrogens is 3. The first-order valence-corrected chi connectivity index (χ1v) is 9.00. The summed E-state index contributed by atoms with van der Waals surface area (Å²) in [5.74, 6) is 0. The number of pyridine rings is 1. The van der Waals surface area contributed by atoms with Gasteiger partial charge in [-0.1, -0.05) is 29.4 Å². The van der Waals surface area contributed by atoms with Crippen LogP contribution in [0.15, 0.2) is 23.5 Å². The lowest BCUT2D eigenvalue weighted by Crippen LogP contribution is -2.40. The first-order valence-electron chi connectivity index (χ1n) is 7.39. The Morgan fingerprint density at radius 1 is 1.36 bits per heavy atom. The van der Waals surface area contributed by atoms with Crippen LogP contribution in [-0.2, 0) is 29.8 Å². The average Bonchev–Trinajstić information content (AvgIpc) is 2.55. The smallest absolute Gasteiger partial charge is 0.188 e. The molecule has 4 rings (SSSR count). The number of thioether (sulfide) groups is 1. The maximum absolute atomic E-state index is 6.29. The fourth-order valence-corrected chi connectivity index (χ4v) is 4.11.